The molecule has 23 heavy (non-hydrogen) atoms. The Kier molecular flexibility index (Phi) is 6.29. The van der Waals surface area contributed by atoms with Crippen LogP contribution >= 0.6 is 0 Å². The van der Waals surface area contributed by atoms with Crippen LogP contribution in [0.4, 0.5) is 0 Å². The van der Waals surface area contributed by atoms with Crippen LogP contribution in [0.3, 0.4) is 0 Å². The Balaban J connectivity index is 1.99. The van der Waals surface area contributed by atoms with Gasteiger partial charge in [-0.25, -0.2) is 4.68 Å². The third-order valence-corrected chi connectivity index (χ3v) is 3.64. The van der Waals surface area contributed by atoms with E-state index in [1.807, 2.05) is 12.3 Å². The minimum atomic E-state index is -0.203. The van der Waals surface area contributed by atoms with Gasteiger partial charge in [0.25, 0.3) is 5.91 Å². The van der Waals surface area contributed by atoms with Gasteiger partial charge in [0.1, 0.15) is 5.69 Å². The molecule has 0 fully saturated rings. The fourth-order valence-corrected chi connectivity index (χ4v) is 2.59. The van der Waals surface area contributed by atoms with Crippen molar-refractivity contribution >= 4 is 5.91 Å². The zero-order valence-corrected chi connectivity index (χ0v) is 13.6. The summed E-state index contributed by atoms with van der Waals surface area (Å²) in [4.78, 5) is 16.4. The molecule has 0 aliphatic rings. The lowest BCUT2D eigenvalue weighted by molar-refractivity contribution is 0.0936. The first-order valence-corrected chi connectivity index (χ1v) is 7.95. The topological polar surface area (TPSA) is 80.0 Å². The first-order valence-electron chi connectivity index (χ1n) is 7.95. The molecule has 0 bridgehead atoms. The molecule has 124 valence electrons. The minimum absolute atomic E-state index is 0.139. The largest absolute Gasteiger partial charge is 0.396 e. The molecule has 0 saturated carbocycles. The molecule has 6 heteroatoms. The molecular formula is C17H24N4O2. The summed E-state index contributed by atoms with van der Waals surface area (Å²) in [6.07, 6.45) is 6.77. The van der Waals surface area contributed by atoms with E-state index >= 15 is 0 Å². The third-order valence-electron chi connectivity index (χ3n) is 3.64. The molecule has 2 N–H and O–H groups in total. The summed E-state index contributed by atoms with van der Waals surface area (Å²) in [6, 6.07) is 5.34. The van der Waals surface area contributed by atoms with Crippen LogP contribution in [0.5, 0.6) is 0 Å². The van der Waals surface area contributed by atoms with Crippen LogP contribution in [-0.2, 0) is 0 Å². The maximum Gasteiger partial charge on any atom is 0.269 e. The maximum atomic E-state index is 12.3. The normalized spacial score (nSPS) is 12.3. The van der Waals surface area contributed by atoms with E-state index in [1.54, 1.807) is 29.2 Å². The Morgan fingerprint density at radius 2 is 2.22 bits per heavy atom. The molecule has 2 aromatic heterocycles. The highest BCUT2D eigenvalue weighted by atomic mass is 16.3. The standard InChI is InChI=1S/C17H24N4O2/c1-13(2)10-14(5-9-22)12-19-17(23)16-11-15(4-7-18-16)21-8-3-6-20-21/h3-4,6-8,11,13-14,22H,5,9-10,12H2,1-2H3,(H,19,23). The van der Waals surface area contributed by atoms with Gasteiger partial charge in [-0.3, -0.25) is 9.78 Å². The number of aromatic nitrogens is 3. The number of rotatable bonds is 8. The van der Waals surface area contributed by atoms with Crippen molar-refractivity contribution in [3.05, 3.63) is 42.5 Å². The number of hydrogen-bond acceptors (Lipinski definition) is 4. The molecule has 2 aromatic rings. The second-order valence-electron chi connectivity index (χ2n) is 6.07. The van der Waals surface area contributed by atoms with E-state index in [1.165, 1.54) is 0 Å². The number of hydrogen-bond donors (Lipinski definition) is 2. The van der Waals surface area contributed by atoms with Crippen LogP contribution in [-0.4, -0.2) is 38.9 Å². The van der Waals surface area contributed by atoms with E-state index in [2.05, 4.69) is 29.2 Å². The van der Waals surface area contributed by atoms with Crippen molar-refractivity contribution in [2.24, 2.45) is 11.8 Å². The van der Waals surface area contributed by atoms with E-state index in [0.717, 1.165) is 12.1 Å². The molecule has 0 aliphatic carbocycles. The second kappa shape index (κ2) is 8.43. The maximum absolute atomic E-state index is 12.3. The van der Waals surface area contributed by atoms with Crippen LogP contribution in [0.2, 0.25) is 0 Å². The first kappa shape index (κ1) is 17.1. The number of carbonyl (C=O) groups is 1. The first-order chi connectivity index (χ1) is 11.1. The Labute approximate surface area is 136 Å². The summed E-state index contributed by atoms with van der Waals surface area (Å²) in [7, 11) is 0. The van der Waals surface area contributed by atoms with Gasteiger partial charge in [-0.15, -0.1) is 0 Å². The van der Waals surface area contributed by atoms with E-state index in [4.69, 9.17) is 5.11 Å². The Morgan fingerprint density at radius 1 is 1.39 bits per heavy atom. The van der Waals surface area contributed by atoms with E-state index in [9.17, 15) is 4.79 Å². The Hall–Kier alpha value is -2.21. The summed E-state index contributed by atoms with van der Waals surface area (Å²) in [6.45, 7) is 4.97. The highest BCUT2D eigenvalue weighted by Gasteiger charge is 2.14. The van der Waals surface area contributed by atoms with Gasteiger partial charge in [0.2, 0.25) is 0 Å². The molecule has 1 atom stereocenters. The van der Waals surface area contributed by atoms with Gasteiger partial charge in [-0.05, 0) is 42.9 Å². The number of amides is 1. The quantitative estimate of drug-likeness (QED) is 0.781. The lowest BCUT2D eigenvalue weighted by atomic mass is 9.94. The molecule has 1 amide bonds. The second-order valence-corrected chi connectivity index (χ2v) is 6.07. The number of aliphatic hydroxyl groups is 1. The van der Waals surface area contributed by atoms with Crippen molar-refractivity contribution in [1.29, 1.82) is 0 Å². The van der Waals surface area contributed by atoms with Crippen molar-refractivity contribution in [3.63, 3.8) is 0 Å². The average molecular weight is 316 g/mol. The van der Waals surface area contributed by atoms with Crippen molar-refractivity contribution in [2.45, 2.75) is 26.7 Å². The molecule has 1 unspecified atom stereocenters. The lowest BCUT2D eigenvalue weighted by Crippen LogP contribution is -2.31. The fraction of sp³-hybridized carbons (Fsp3) is 0.471. The Bertz CT molecular complexity index is 611. The summed E-state index contributed by atoms with van der Waals surface area (Å²) < 4.78 is 1.69. The number of nitrogens with one attached hydrogen (secondary N) is 1. The zero-order chi connectivity index (χ0) is 16.7. The van der Waals surface area contributed by atoms with E-state index < -0.39 is 0 Å². The molecule has 0 spiro atoms. The highest BCUT2D eigenvalue weighted by Crippen LogP contribution is 2.14. The minimum Gasteiger partial charge on any atom is -0.396 e. The van der Waals surface area contributed by atoms with E-state index in [0.29, 0.717) is 24.6 Å². The average Bonchev–Trinajstić information content (AvgIpc) is 3.06. The van der Waals surface area contributed by atoms with Gasteiger partial charge in [-0.1, -0.05) is 13.8 Å². The van der Waals surface area contributed by atoms with Crippen LogP contribution in [0.25, 0.3) is 5.69 Å². The molecular weight excluding hydrogens is 292 g/mol. The monoisotopic (exact) mass is 316 g/mol. The SMILES string of the molecule is CC(C)CC(CCO)CNC(=O)c1cc(-n2cccn2)ccn1. The molecule has 2 heterocycles. The highest BCUT2D eigenvalue weighted by molar-refractivity contribution is 5.92. The summed E-state index contributed by atoms with van der Waals surface area (Å²) in [5.74, 6) is 0.605. The van der Waals surface area contributed by atoms with Crippen LogP contribution in [0.15, 0.2) is 36.8 Å². The van der Waals surface area contributed by atoms with Crippen molar-refractivity contribution in [2.75, 3.05) is 13.2 Å². The number of nitrogens with zero attached hydrogens (tertiary/aromatic N) is 3. The fourth-order valence-electron chi connectivity index (χ4n) is 2.59. The third kappa shape index (κ3) is 5.17. The number of aliphatic hydroxyl groups excluding tert-OH is 1. The smallest absolute Gasteiger partial charge is 0.269 e. The van der Waals surface area contributed by atoms with Crippen LogP contribution < -0.4 is 5.32 Å². The Morgan fingerprint density at radius 3 is 2.87 bits per heavy atom. The van der Waals surface area contributed by atoms with Crippen molar-refractivity contribution in [1.82, 2.24) is 20.1 Å². The predicted molar refractivity (Wildman–Crippen MR) is 88.3 cm³/mol. The predicted octanol–water partition coefficient (Wildman–Crippen LogP) is 2.04. The van der Waals surface area contributed by atoms with Crippen LogP contribution in [0, 0.1) is 11.8 Å². The molecule has 2 rings (SSSR count). The van der Waals surface area contributed by atoms with Crippen LogP contribution in [0.1, 0.15) is 37.2 Å². The molecule has 0 saturated heterocycles. The zero-order valence-electron chi connectivity index (χ0n) is 13.6. The van der Waals surface area contributed by atoms with E-state index in [-0.39, 0.29) is 18.4 Å². The van der Waals surface area contributed by atoms with Gasteiger partial charge < -0.3 is 10.4 Å². The summed E-state index contributed by atoms with van der Waals surface area (Å²) >= 11 is 0. The molecule has 6 nitrogen and oxygen atoms in total. The van der Waals surface area contributed by atoms with Crippen molar-refractivity contribution in [3.8, 4) is 5.69 Å². The van der Waals surface area contributed by atoms with Gasteiger partial charge in [0, 0.05) is 31.7 Å². The van der Waals surface area contributed by atoms with Gasteiger partial charge >= 0.3 is 0 Å². The molecule has 0 aromatic carbocycles. The summed E-state index contributed by atoms with van der Waals surface area (Å²) in [5.41, 5.74) is 1.16. The van der Waals surface area contributed by atoms with Crippen molar-refractivity contribution < 1.29 is 9.90 Å². The summed E-state index contributed by atoms with van der Waals surface area (Å²) in [5, 5.41) is 16.2. The molecule has 0 radical (unpaired) electrons. The van der Waals surface area contributed by atoms with Gasteiger partial charge in [-0.2, -0.15) is 5.10 Å². The number of carbonyl (C=O) groups excluding carboxylic acids is 1. The van der Waals surface area contributed by atoms with Gasteiger partial charge in [0.15, 0.2) is 0 Å². The number of pyridine rings is 1. The molecule has 0 aliphatic heterocycles. The lowest BCUT2D eigenvalue weighted by Gasteiger charge is -2.18. The van der Waals surface area contributed by atoms with Gasteiger partial charge in [0.05, 0.1) is 5.69 Å².